The highest BCUT2D eigenvalue weighted by atomic mass is 32.1. The first kappa shape index (κ1) is 16.3. The standard InChI is InChI=1S/C16H16N2O5S/c1-9-7-10(23-12(9)13(19)22-3)8-18-14(20)16(2,17-15(18)21)11-5-4-6-24-11/h4-7H,8H2,1-3H3,(H,17,21)/t16-/m0/s1. The molecule has 0 radical (unpaired) electrons. The molecule has 24 heavy (non-hydrogen) atoms. The Bertz CT molecular complexity index is 811. The highest BCUT2D eigenvalue weighted by Crippen LogP contribution is 2.32. The Morgan fingerprint density at radius 2 is 2.21 bits per heavy atom. The van der Waals surface area contributed by atoms with Crippen LogP contribution in [0.5, 0.6) is 0 Å². The lowest BCUT2D eigenvalue weighted by Crippen LogP contribution is -2.40. The number of ether oxygens (including phenoxy) is 1. The number of hydrogen-bond acceptors (Lipinski definition) is 6. The lowest BCUT2D eigenvalue weighted by Gasteiger charge is -2.19. The normalized spacial score (nSPS) is 20.4. The van der Waals surface area contributed by atoms with Gasteiger partial charge in [0.1, 0.15) is 5.76 Å². The summed E-state index contributed by atoms with van der Waals surface area (Å²) < 4.78 is 10.1. The number of hydrogen-bond donors (Lipinski definition) is 1. The Kier molecular flexibility index (Phi) is 3.92. The van der Waals surface area contributed by atoms with Crippen molar-refractivity contribution in [1.82, 2.24) is 10.2 Å². The van der Waals surface area contributed by atoms with Crippen LogP contribution >= 0.6 is 11.3 Å². The number of nitrogens with one attached hydrogen (secondary N) is 1. The Hall–Kier alpha value is -2.61. The maximum absolute atomic E-state index is 12.7. The van der Waals surface area contributed by atoms with Crippen LogP contribution in [0.25, 0.3) is 0 Å². The minimum Gasteiger partial charge on any atom is -0.463 e. The molecule has 1 atom stereocenters. The van der Waals surface area contributed by atoms with Gasteiger partial charge < -0.3 is 14.5 Å². The first-order valence-corrected chi connectivity index (χ1v) is 8.10. The lowest BCUT2D eigenvalue weighted by molar-refractivity contribution is -0.131. The van der Waals surface area contributed by atoms with E-state index in [0.717, 1.165) is 9.78 Å². The molecule has 3 heterocycles. The zero-order valence-corrected chi connectivity index (χ0v) is 14.2. The van der Waals surface area contributed by atoms with Gasteiger partial charge in [0.05, 0.1) is 13.7 Å². The first-order chi connectivity index (χ1) is 11.4. The third-order valence-corrected chi connectivity index (χ3v) is 5.03. The van der Waals surface area contributed by atoms with Crippen LogP contribution in [0.2, 0.25) is 0 Å². The van der Waals surface area contributed by atoms with Crippen LogP contribution in [0.15, 0.2) is 28.0 Å². The SMILES string of the molecule is COC(=O)c1oc(CN2C(=O)N[C@@](C)(c3cccs3)C2=O)cc1C. The Balaban J connectivity index is 1.85. The van der Waals surface area contributed by atoms with Crippen LogP contribution in [0.3, 0.4) is 0 Å². The molecule has 1 aliphatic heterocycles. The number of esters is 1. The molecule has 2 aromatic rings. The Labute approximate surface area is 142 Å². The number of amides is 3. The molecular weight excluding hydrogens is 332 g/mol. The fourth-order valence-electron chi connectivity index (χ4n) is 2.65. The Morgan fingerprint density at radius 1 is 1.46 bits per heavy atom. The van der Waals surface area contributed by atoms with Gasteiger partial charge in [0.2, 0.25) is 5.76 Å². The second-order valence-electron chi connectivity index (χ2n) is 5.64. The van der Waals surface area contributed by atoms with Gasteiger partial charge in [0, 0.05) is 10.4 Å². The van der Waals surface area contributed by atoms with Crippen LogP contribution in [0, 0.1) is 6.92 Å². The molecule has 1 fully saturated rings. The van der Waals surface area contributed by atoms with Crippen molar-refractivity contribution in [3.05, 3.63) is 45.5 Å². The van der Waals surface area contributed by atoms with E-state index < -0.39 is 17.5 Å². The van der Waals surface area contributed by atoms with Crippen molar-refractivity contribution in [2.24, 2.45) is 0 Å². The number of methoxy groups -OCH3 is 1. The molecular formula is C16H16N2O5S. The molecule has 0 unspecified atom stereocenters. The predicted molar refractivity (Wildman–Crippen MR) is 85.5 cm³/mol. The summed E-state index contributed by atoms with van der Waals surface area (Å²) >= 11 is 1.40. The number of urea groups is 1. The fourth-order valence-corrected chi connectivity index (χ4v) is 3.48. The van der Waals surface area contributed by atoms with Gasteiger partial charge in [-0.15, -0.1) is 11.3 Å². The molecule has 0 aliphatic carbocycles. The summed E-state index contributed by atoms with van der Waals surface area (Å²) in [6.07, 6.45) is 0. The number of nitrogens with zero attached hydrogens (tertiary/aromatic N) is 1. The molecule has 3 amide bonds. The molecule has 0 bridgehead atoms. The maximum Gasteiger partial charge on any atom is 0.374 e. The van der Waals surface area contributed by atoms with Crippen molar-refractivity contribution < 1.29 is 23.5 Å². The second kappa shape index (κ2) is 5.79. The summed E-state index contributed by atoms with van der Waals surface area (Å²) in [7, 11) is 1.26. The third-order valence-electron chi connectivity index (χ3n) is 3.94. The number of aryl methyl sites for hydroxylation is 1. The largest absolute Gasteiger partial charge is 0.463 e. The van der Waals surface area contributed by atoms with Crippen molar-refractivity contribution in [2.45, 2.75) is 25.9 Å². The molecule has 3 rings (SSSR count). The highest BCUT2D eigenvalue weighted by molar-refractivity contribution is 7.10. The quantitative estimate of drug-likeness (QED) is 0.677. The van der Waals surface area contributed by atoms with Gasteiger partial charge >= 0.3 is 12.0 Å². The predicted octanol–water partition coefficient (Wildman–Crippen LogP) is 2.40. The van der Waals surface area contributed by atoms with E-state index in [1.54, 1.807) is 26.0 Å². The molecule has 1 saturated heterocycles. The second-order valence-corrected chi connectivity index (χ2v) is 6.59. The number of carbonyl (C=O) groups is 3. The van der Waals surface area contributed by atoms with E-state index in [4.69, 9.17) is 4.42 Å². The number of carbonyl (C=O) groups excluding carboxylic acids is 3. The van der Waals surface area contributed by atoms with Gasteiger partial charge in [-0.2, -0.15) is 0 Å². The molecule has 8 heteroatoms. The average Bonchev–Trinajstić information content (AvgIpc) is 3.24. The molecule has 0 aromatic carbocycles. The van der Waals surface area contributed by atoms with Crippen molar-refractivity contribution >= 4 is 29.2 Å². The minimum atomic E-state index is -1.09. The van der Waals surface area contributed by atoms with E-state index in [-0.39, 0.29) is 18.2 Å². The van der Waals surface area contributed by atoms with E-state index in [2.05, 4.69) is 10.1 Å². The zero-order valence-electron chi connectivity index (χ0n) is 13.4. The van der Waals surface area contributed by atoms with Gasteiger partial charge in [-0.05, 0) is 31.4 Å². The summed E-state index contributed by atoms with van der Waals surface area (Å²) in [6, 6.07) is 4.75. The lowest BCUT2D eigenvalue weighted by atomic mass is 10.0. The van der Waals surface area contributed by atoms with E-state index in [9.17, 15) is 14.4 Å². The van der Waals surface area contributed by atoms with Crippen molar-refractivity contribution in [2.75, 3.05) is 7.11 Å². The molecule has 1 N–H and O–H groups in total. The maximum atomic E-state index is 12.7. The molecule has 7 nitrogen and oxygen atoms in total. The molecule has 126 valence electrons. The minimum absolute atomic E-state index is 0.0521. The third kappa shape index (κ3) is 2.48. The van der Waals surface area contributed by atoms with Gasteiger partial charge in [0.15, 0.2) is 5.54 Å². The Morgan fingerprint density at radius 3 is 2.83 bits per heavy atom. The number of imide groups is 1. The molecule has 0 spiro atoms. The zero-order chi connectivity index (χ0) is 17.5. The van der Waals surface area contributed by atoms with Gasteiger partial charge in [-0.25, -0.2) is 9.59 Å². The van der Waals surface area contributed by atoms with Crippen molar-refractivity contribution in [3.8, 4) is 0 Å². The van der Waals surface area contributed by atoms with E-state index in [1.807, 2.05) is 11.4 Å². The van der Waals surface area contributed by atoms with Gasteiger partial charge in [-0.3, -0.25) is 9.69 Å². The van der Waals surface area contributed by atoms with Crippen LogP contribution in [0.1, 0.15) is 33.7 Å². The van der Waals surface area contributed by atoms with Crippen molar-refractivity contribution in [1.29, 1.82) is 0 Å². The van der Waals surface area contributed by atoms with Crippen LogP contribution in [-0.2, 0) is 21.6 Å². The monoisotopic (exact) mass is 348 g/mol. The number of thiophene rings is 1. The summed E-state index contributed by atoms with van der Waals surface area (Å²) in [5, 5.41) is 4.57. The van der Waals surface area contributed by atoms with E-state index >= 15 is 0 Å². The molecule has 2 aromatic heterocycles. The van der Waals surface area contributed by atoms with E-state index in [1.165, 1.54) is 18.4 Å². The summed E-state index contributed by atoms with van der Waals surface area (Å²) in [5.41, 5.74) is -0.497. The van der Waals surface area contributed by atoms with Crippen LogP contribution in [-0.4, -0.2) is 29.9 Å². The summed E-state index contributed by atoms with van der Waals surface area (Å²) in [5.74, 6) is -0.546. The highest BCUT2D eigenvalue weighted by Gasteiger charge is 2.49. The smallest absolute Gasteiger partial charge is 0.374 e. The molecule has 1 aliphatic rings. The van der Waals surface area contributed by atoms with E-state index in [0.29, 0.717) is 11.3 Å². The van der Waals surface area contributed by atoms with Gasteiger partial charge in [0.25, 0.3) is 5.91 Å². The van der Waals surface area contributed by atoms with Crippen molar-refractivity contribution in [3.63, 3.8) is 0 Å². The van der Waals surface area contributed by atoms with Crippen LogP contribution in [0.4, 0.5) is 4.79 Å². The molecule has 0 saturated carbocycles. The summed E-state index contributed by atoms with van der Waals surface area (Å²) in [6.45, 7) is 3.32. The van der Waals surface area contributed by atoms with Crippen LogP contribution < -0.4 is 5.32 Å². The topological polar surface area (TPSA) is 88.8 Å². The first-order valence-electron chi connectivity index (χ1n) is 7.22. The fraction of sp³-hybridized carbons (Fsp3) is 0.312. The average molecular weight is 348 g/mol. The number of furan rings is 1. The number of rotatable bonds is 4. The van der Waals surface area contributed by atoms with Gasteiger partial charge in [-0.1, -0.05) is 6.07 Å². The summed E-state index contributed by atoms with van der Waals surface area (Å²) in [4.78, 5) is 38.4.